The van der Waals surface area contributed by atoms with E-state index in [-0.39, 0.29) is 5.91 Å². The Balaban J connectivity index is 1.86. The molecule has 1 aliphatic heterocycles. The molecular formula is C10H13N5O. The van der Waals surface area contributed by atoms with Crippen LogP contribution in [0.1, 0.15) is 16.8 Å². The molecule has 3 N–H and O–H groups in total. The molecule has 1 aromatic rings. The van der Waals surface area contributed by atoms with Gasteiger partial charge in [0.2, 0.25) is 5.96 Å². The van der Waals surface area contributed by atoms with E-state index in [1.54, 1.807) is 24.5 Å². The Kier molecular flexibility index (Phi) is 3.32. The van der Waals surface area contributed by atoms with Crippen molar-refractivity contribution < 1.29 is 4.79 Å². The van der Waals surface area contributed by atoms with Gasteiger partial charge in [0.1, 0.15) is 0 Å². The van der Waals surface area contributed by atoms with E-state index in [1.807, 2.05) is 0 Å². The molecule has 6 nitrogen and oxygen atoms in total. The normalized spacial score (nSPS) is 14.6. The first-order chi connectivity index (χ1) is 7.86. The zero-order chi connectivity index (χ0) is 11.2. The van der Waals surface area contributed by atoms with E-state index in [1.165, 1.54) is 0 Å². The predicted molar refractivity (Wildman–Crippen MR) is 59.8 cm³/mol. The number of aliphatic imine (C=N–C) groups is 1. The van der Waals surface area contributed by atoms with Crippen molar-refractivity contribution in [3.05, 3.63) is 30.1 Å². The Labute approximate surface area is 93.1 Å². The van der Waals surface area contributed by atoms with E-state index in [0.717, 1.165) is 19.5 Å². The van der Waals surface area contributed by atoms with E-state index in [9.17, 15) is 4.79 Å². The van der Waals surface area contributed by atoms with Crippen LogP contribution in [0, 0.1) is 0 Å². The average molecular weight is 219 g/mol. The summed E-state index contributed by atoms with van der Waals surface area (Å²) < 4.78 is 0. The summed E-state index contributed by atoms with van der Waals surface area (Å²) in [6.07, 6.45) is 4.17. The zero-order valence-electron chi connectivity index (χ0n) is 8.73. The fourth-order valence-electron chi connectivity index (χ4n) is 1.31. The molecule has 2 heterocycles. The minimum absolute atomic E-state index is 0.211. The largest absolute Gasteiger partial charge is 0.355 e. The molecule has 0 aromatic carbocycles. The maximum atomic E-state index is 11.6. The Morgan fingerprint density at radius 2 is 2.19 bits per heavy atom. The van der Waals surface area contributed by atoms with Crippen molar-refractivity contribution in [1.29, 1.82) is 0 Å². The van der Waals surface area contributed by atoms with Crippen LogP contribution >= 0.6 is 0 Å². The van der Waals surface area contributed by atoms with Gasteiger partial charge in [-0.25, -0.2) is 0 Å². The molecule has 0 spiro atoms. The van der Waals surface area contributed by atoms with Crippen molar-refractivity contribution in [2.45, 2.75) is 6.42 Å². The lowest BCUT2D eigenvalue weighted by molar-refractivity contribution is 0.0943. The lowest BCUT2D eigenvalue weighted by Crippen LogP contribution is -2.49. The topological polar surface area (TPSA) is 78.4 Å². The summed E-state index contributed by atoms with van der Waals surface area (Å²) in [6.45, 7) is 1.65. The predicted octanol–water partition coefficient (Wildman–Crippen LogP) is -0.335. The highest BCUT2D eigenvalue weighted by Crippen LogP contribution is 1.94. The first-order valence-corrected chi connectivity index (χ1v) is 5.11. The van der Waals surface area contributed by atoms with Crippen molar-refractivity contribution in [2.75, 3.05) is 13.1 Å². The molecule has 0 unspecified atom stereocenters. The lowest BCUT2D eigenvalue weighted by Gasteiger charge is -2.16. The van der Waals surface area contributed by atoms with Crippen LogP contribution in [0.25, 0.3) is 0 Å². The number of carbonyl (C=O) groups excluding carboxylic acids is 1. The SMILES string of the molecule is O=C(NNC1=NCCCN1)c1ccncc1. The highest BCUT2D eigenvalue weighted by Gasteiger charge is 2.06. The van der Waals surface area contributed by atoms with Gasteiger partial charge in [-0.05, 0) is 18.6 Å². The maximum absolute atomic E-state index is 11.6. The molecule has 0 fully saturated rings. The molecule has 16 heavy (non-hydrogen) atoms. The van der Waals surface area contributed by atoms with E-state index in [0.29, 0.717) is 11.5 Å². The van der Waals surface area contributed by atoms with Gasteiger partial charge in [0.05, 0.1) is 0 Å². The van der Waals surface area contributed by atoms with Crippen molar-refractivity contribution in [1.82, 2.24) is 21.2 Å². The number of hydrogen-bond donors (Lipinski definition) is 3. The van der Waals surface area contributed by atoms with Gasteiger partial charge in [0, 0.05) is 31.0 Å². The summed E-state index contributed by atoms with van der Waals surface area (Å²) in [7, 11) is 0. The number of hydrazine groups is 1. The van der Waals surface area contributed by atoms with Crippen LogP contribution in [-0.2, 0) is 0 Å². The van der Waals surface area contributed by atoms with Gasteiger partial charge in [-0.2, -0.15) is 0 Å². The molecule has 0 saturated heterocycles. The minimum Gasteiger partial charge on any atom is -0.355 e. The number of nitrogens with one attached hydrogen (secondary N) is 3. The van der Waals surface area contributed by atoms with Crippen LogP contribution in [0.2, 0.25) is 0 Å². The van der Waals surface area contributed by atoms with Gasteiger partial charge < -0.3 is 5.32 Å². The van der Waals surface area contributed by atoms with E-state index in [2.05, 4.69) is 26.1 Å². The summed E-state index contributed by atoms with van der Waals surface area (Å²) in [4.78, 5) is 19.6. The lowest BCUT2D eigenvalue weighted by atomic mass is 10.3. The molecule has 1 amide bonds. The monoisotopic (exact) mass is 219 g/mol. The van der Waals surface area contributed by atoms with Gasteiger partial charge in [-0.15, -0.1) is 0 Å². The van der Waals surface area contributed by atoms with E-state index in [4.69, 9.17) is 0 Å². The van der Waals surface area contributed by atoms with Gasteiger partial charge in [0.15, 0.2) is 0 Å². The van der Waals surface area contributed by atoms with Crippen LogP contribution < -0.4 is 16.2 Å². The summed E-state index contributed by atoms with van der Waals surface area (Å²) >= 11 is 0. The number of hydrogen-bond acceptors (Lipinski definition) is 5. The smallest absolute Gasteiger partial charge is 0.269 e. The fourth-order valence-corrected chi connectivity index (χ4v) is 1.31. The minimum atomic E-state index is -0.211. The van der Waals surface area contributed by atoms with E-state index < -0.39 is 0 Å². The number of carbonyl (C=O) groups is 1. The molecule has 1 aromatic heterocycles. The molecule has 0 aliphatic carbocycles. The number of pyridine rings is 1. The third kappa shape index (κ3) is 2.69. The van der Waals surface area contributed by atoms with Crippen LogP contribution in [0.4, 0.5) is 0 Å². The van der Waals surface area contributed by atoms with Gasteiger partial charge >= 0.3 is 0 Å². The first-order valence-electron chi connectivity index (χ1n) is 5.11. The quantitative estimate of drug-likeness (QED) is 0.565. The third-order valence-corrected chi connectivity index (χ3v) is 2.13. The van der Waals surface area contributed by atoms with Crippen LogP contribution in [0.5, 0.6) is 0 Å². The molecule has 0 radical (unpaired) electrons. The van der Waals surface area contributed by atoms with Gasteiger partial charge in [-0.3, -0.25) is 25.6 Å². The van der Waals surface area contributed by atoms with E-state index >= 15 is 0 Å². The molecule has 6 heteroatoms. The third-order valence-electron chi connectivity index (χ3n) is 2.13. The number of rotatable bonds is 1. The number of amides is 1. The molecule has 0 bridgehead atoms. The fraction of sp³-hybridized carbons (Fsp3) is 0.300. The van der Waals surface area contributed by atoms with Gasteiger partial charge in [0.25, 0.3) is 5.91 Å². The van der Waals surface area contributed by atoms with Crippen molar-refractivity contribution in [3.63, 3.8) is 0 Å². The standard InChI is InChI=1S/C10H13N5O/c16-9(8-2-6-11-7-3-8)14-15-10-12-4-1-5-13-10/h2-3,6-7H,1,4-5H2,(H,14,16)(H2,12,13,15). The Hall–Kier alpha value is -2.11. The van der Waals surface area contributed by atoms with Crippen molar-refractivity contribution >= 4 is 11.9 Å². The summed E-state index contributed by atoms with van der Waals surface area (Å²) in [5.41, 5.74) is 5.85. The molecule has 0 saturated carbocycles. The maximum Gasteiger partial charge on any atom is 0.269 e. The second-order valence-corrected chi connectivity index (χ2v) is 3.33. The van der Waals surface area contributed by atoms with Gasteiger partial charge in [-0.1, -0.05) is 0 Å². The summed E-state index contributed by atoms with van der Waals surface area (Å²) in [5, 5.41) is 3.04. The molecule has 84 valence electrons. The second-order valence-electron chi connectivity index (χ2n) is 3.33. The highest BCUT2D eigenvalue weighted by atomic mass is 16.2. The van der Waals surface area contributed by atoms with Crippen molar-refractivity contribution in [2.24, 2.45) is 4.99 Å². The van der Waals surface area contributed by atoms with Crippen LogP contribution in [0.15, 0.2) is 29.5 Å². The van der Waals surface area contributed by atoms with Crippen LogP contribution in [0.3, 0.4) is 0 Å². The number of nitrogens with zero attached hydrogens (tertiary/aromatic N) is 2. The molecule has 0 atom stereocenters. The second kappa shape index (κ2) is 5.11. The zero-order valence-corrected chi connectivity index (χ0v) is 8.73. The summed E-state index contributed by atoms with van der Waals surface area (Å²) in [5.74, 6) is 0.395. The number of guanidine groups is 1. The van der Waals surface area contributed by atoms with Crippen LogP contribution in [-0.4, -0.2) is 29.9 Å². The number of aromatic nitrogens is 1. The summed E-state index contributed by atoms with van der Waals surface area (Å²) in [6, 6.07) is 3.29. The molecular weight excluding hydrogens is 206 g/mol. The molecule has 1 aliphatic rings. The first kappa shape index (κ1) is 10.4. The Morgan fingerprint density at radius 3 is 2.88 bits per heavy atom. The molecule has 2 rings (SSSR count). The van der Waals surface area contributed by atoms with Crippen molar-refractivity contribution in [3.8, 4) is 0 Å². The Morgan fingerprint density at radius 1 is 1.38 bits per heavy atom. The Bertz CT molecular complexity index is 389. The average Bonchev–Trinajstić information content (AvgIpc) is 2.38. The highest BCUT2D eigenvalue weighted by molar-refractivity contribution is 5.95.